The number of aromatic nitrogens is 3. The number of nitrogen functional groups attached to an aromatic ring is 1. The van der Waals surface area contributed by atoms with Crippen molar-refractivity contribution in [3.05, 3.63) is 29.8 Å². The van der Waals surface area contributed by atoms with Crippen molar-refractivity contribution in [2.45, 2.75) is 20.3 Å². The van der Waals surface area contributed by atoms with Crippen LogP contribution in [0.1, 0.15) is 19.4 Å². The summed E-state index contributed by atoms with van der Waals surface area (Å²) in [6, 6.07) is 8.46. The van der Waals surface area contributed by atoms with E-state index in [9.17, 15) is 0 Å². The Kier molecular flexibility index (Phi) is 4.89. The second-order valence-corrected chi connectivity index (χ2v) is 4.40. The Bertz CT molecular complexity index is 587. The zero-order valence-electron chi connectivity index (χ0n) is 12.5. The number of nitrogens with one attached hydrogen (secondary N) is 1. The van der Waals surface area contributed by atoms with Crippen LogP contribution in [0.25, 0.3) is 0 Å². The fourth-order valence-corrected chi connectivity index (χ4v) is 1.82. The summed E-state index contributed by atoms with van der Waals surface area (Å²) in [4.78, 5) is 14.4. The van der Waals surface area contributed by atoms with Crippen LogP contribution in [0.3, 0.4) is 0 Å². The fourth-order valence-electron chi connectivity index (χ4n) is 1.82. The normalized spacial score (nSPS) is 10.3. The smallest absolute Gasteiger partial charge is 0.323 e. The Hall–Kier alpha value is -2.41. The molecule has 0 radical (unpaired) electrons. The van der Waals surface area contributed by atoms with E-state index in [1.54, 1.807) is 0 Å². The van der Waals surface area contributed by atoms with Crippen LogP contribution >= 0.6 is 0 Å². The highest BCUT2D eigenvalue weighted by atomic mass is 16.5. The number of nitrogens with zero attached hydrogens (tertiary/aromatic N) is 4. The molecule has 0 saturated heterocycles. The van der Waals surface area contributed by atoms with Crippen LogP contribution in [0.2, 0.25) is 0 Å². The van der Waals surface area contributed by atoms with Crippen molar-refractivity contribution in [1.29, 1.82) is 0 Å². The topological polar surface area (TPSA) is 89.2 Å². The lowest BCUT2D eigenvalue weighted by atomic mass is 10.1. The molecule has 112 valence electrons. The van der Waals surface area contributed by atoms with Crippen LogP contribution in [-0.2, 0) is 6.42 Å². The maximum atomic E-state index is 5.38. The molecule has 7 nitrogen and oxygen atoms in total. The van der Waals surface area contributed by atoms with E-state index >= 15 is 0 Å². The number of rotatable bonds is 6. The lowest BCUT2D eigenvalue weighted by molar-refractivity contribution is 0.312. The van der Waals surface area contributed by atoms with Crippen molar-refractivity contribution in [3.63, 3.8) is 0 Å². The molecule has 1 aromatic heterocycles. The molecular weight excluding hydrogens is 268 g/mol. The molecule has 2 aromatic rings. The van der Waals surface area contributed by atoms with Gasteiger partial charge in [-0.2, -0.15) is 15.0 Å². The minimum Gasteiger partial charge on any atom is -0.464 e. The summed E-state index contributed by atoms with van der Waals surface area (Å²) in [5, 5.41) is 0. The maximum Gasteiger partial charge on any atom is 0.323 e. The van der Waals surface area contributed by atoms with Crippen molar-refractivity contribution in [1.82, 2.24) is 15.0 Å². The average molecular weight is 288 g/mol. The second-order valence-electron chi connectivity index (χ2n) is 4.40. The minimum absolute atomic E-state index is 0.243. The first-order valence-corrected chi connectivity index (χ1v) is 6.86. The molecule has 1 heterocycles. The molecule has 0 unspecified atom stereocenters. The minimum atomic E-state index is 0.243. The van der Waals surface area contributed by atoms with Crippen LogP contribution in [0, 0.1) is 0 Å². The molecule has 0 aliphatic carbocycles. The quantitative estimate of drug-likeness (QED) is 0.619. The van der Waals surface area contributed by atoms with Gasteiger partial charge in [-0.05, 0) is 31.0 Å². The SMILES string of the molecule is CCOc1nc(NN)nc(N(C)c2ccc(CC)cc2)n1. The van der Waals surface area contributed by atoms with Crippen molar-refractivity contribution >= 4 is 17.6 Å². The lowest BCUT2D eigenvalue weighted by Gasteiger charge is -2.18. The summed E-state index contributed by atoms with van der Waals surface area (Å²) in [5.41, 5.74) is 4.68. The van der Waals surface area contributed by atoms with Crippen LogP contribution < -0.4 is 20.9 Å². The molecule has 0 amide bonds. The van der Waals surface area contributed by atoms with E-state index in [0.717, 1.165) is 12.1 Å². The maximum absolute atomic E-state index is 5.38. The highest BCUT2D eigenvalue weighted by Crippen LogP contribution is 2.22. The second kappa shape index (κ2) is 6.85. The van der Waals surface area contributed by atoms with Gasteiger partial charge in [-0.1, -0.05) is 19.1 Å². The lowest BCUT2D eigenvalue weighted by Crippen LogP contribution is -2.18. The number of hydrogen-bond donors (Lipinski definition) is 2. The average Bonchev–Trinajstić information content (AvgIpc) is 2.54. The van der Waals surface area contributed by atoms with Crippen LogP contribution in [0.4, 0.5) is 17.6 Å². The van der Waals surface area contributed by atoms with Gasteiger partial charge in [0, 0.05) is 12.7 Å². The molecule has 1 aromatic carbocycles. The van der Waals surface area contributed by atoms with E-state index in [4.69, 9.17) is 10.6 Å². The predicted octanol–water partition coefficient (Wildman–Crippen LogP) is 1.89. The molecule has 7 heteroatoms. The molecule has 2 rings (SSSR count). The van der Waals surface area contributed by atoms with E-state index in [2.05, 4.69) is 39.4 Å². The number of hydrogen-bond acceptors (Lipinski definition) is 7. The van der Waals surface area contributed by atoms with Gasteiger partial charge in [0.2, 0.25) is 11.9 Å². The van der Waals surface area contributed by atoms with Crippen molar-refractivity contribution in [2.75, 3.05) is 24.0 Å². The summed E-state index contributed by atoms with van der Waals surface area (Å²) < 4.78 is 5.33. The van der Waals surface area contributed by atoms with E-state index < -0.39 is 0 Å². The molecule has 0 fully saturated rings. The molecule has 0 atom stereocenters. The number of hydrazine groups is 1. The Morgan fingerprint density at radius 2 is 1.86 bits per heavy atom. The van der Waals surface area contributed by atoms with Gasteiger partial charge in [-0.25, -0.2) is 5.84 Å². The van der Waals surface area contributed by atoms with E-state index in [-0.39, 0.29) is 12.0 Å². The number of aryl methyl sites for hydroxylation is 1. The molecule has 3 N–H and O–H groups in total. The summed E-state index contributed by atoms with van der Waals surface area (Å²) >= 11 is 0. The van der Waals surface area contributed by atoms with Gasteiger partial charge in [-0.3, -0.25) is 5.43 Å². The number of nitrogens with two attached hydrogens (primary N) is 1. The Morgan fingerprint density at radius 3 is 2.43 bits per heavy atom. The van der Waals surface area contributed by atoms with E-state index in [1.807, 2.05) is 31.0 Å². The third kappa shape index (κ3) is 3.57. The molecule has 0 aliphatic rings. The Labute approximate surface area is 124 Å². The van der Waals surface area contributed by atoms with Gasteiger partial charge < -0.3 is 9.64 Å². The summed E-state index contributed by atoms with van der Waals surface area (Å²) in [6.07, 6.45) is 1.01. The monoisotopic (exact) mass is 288 g/mol. The van der Waals surface area contributed by atoms with Gasteiger partial charge in [-0.15, -0.1) is 0 Å². The summed E-state index contributed by atoms with van der Waals surface area (Å²) in [6.45, 7) is 4.47. The zero-order chi connectivity index (χ0) is 15.2. The Balaban J connectivity index is 2.31. The molecule has 0 bridgehead atoms. The third-order valence-electron chi connectivity index (χ3n) is 3.04. The van der Waals surface area contributed by atoms with Gasteiger partial charge in [0.1, 0.15) is 0 Å². The highest BCUT2D eigenvalue weighted by molar-refractivity contribution is 5.57. The number of anilines is 3. The fraction of sp³-hybridized carbons (Fsp3) is 0.357. The van der Waals surface area contributed by atoms with Gasteiger partial charge >= 0.3 is 6.01 Å². The van der Waals surface area contributed by atoms with E-state index in [0.29, 0.717) is 12.6 Å². The molecule has 0 aliphatic heterocycles. The van der Waals surface area contributed by atoms with E-state index in [1.165, 1.54) is 5.56 Å². The molecule has 0 saturated carbocycles. The van der Waals surface area contributed by atoms with Crippen molar-refractivity contribution in [2.24, 2.45) is 5.84 Å². The van der Waals surface area contributed by atoms with Gasteiger partial charge in [0.15, 0.2) is 0 Å². The standard InChI is InChI=1S/C14H20N6O/c1-4-10-6-8-11(9-7-10)20(3)13-16-12(19-15)17-14(18-13)21-5-2/h6-9H,4-5,15H2,1-3H3,(H,16,17,18,19). The summed E-state index contributed by atoms with van der Waals surface area (Å²) in [5.74, 6) is 6.11. The number of benzene rings is 1. The zero-order valence-corrected chi connectivity index (χ0v) is 12.5. The van der Waals surface area contributed by atoms with Gasteiger partial charge in [0.25, 0.3) is 0 Å². The van der Waals surface area contributed by atoms with Crippen molar-refractivity contribution in [3.8, 4) is 6.01 Å². The first-order valence-electron chi connectivity index (χ1n) is 6.86. The van der Waals surface area contributed by atoms with Crippen molar-refractivity contribution < 1.29 is 4.74 Å². The summed E-state index contributed by atoms with van der Waals surface area (Å²) in [7, 11) is 1.88. The first kappa shape index (κ1) is 15.0. The van der Waals surface area contributed by atoms with Crippen LogP contribution in [-0.4, -0.2) is 28.6 Å². The first-order chi connectivity index (χ1) is 10.2. The number of ether oxygens (including phenoxy) is 1. The molecule has 0 spiro atoms. The molecule has 21 heavy (non-hydrogen) atoms. The van der Waals surface area contributed by atoms with Crippen LogP contribution in [0.15, 0.2) is 24.3 Å². The largest absolute Gasteiger partial charge is 0.464 e. The third-order valence-corrected chi connectivity index (χ3v) is 3.04. The predicted molar refractivity (Wildman–Crippen MR) is 82.7 cm³/mol. The van der Waals surface area contributed by atoms with Crippen LogP contribution in [0.5, 0.6) is 6.01 Å². The highest BCUT2D eigenvalue weighted by Gasteiger charge is 2.12. The Morgan fingerprint density at radius 1 is 1.14 bits per heavy atom. The van der Waals surface area contributed by atoms with Gasteiger partial charge in [0.05, 0.1) is 6.61 Å². The molecular formula is C14H20N6O.